The molecular weight excluding hydrogens is 482 g/mol. The van der Waals surface area contributed by atoms with Crippen LogP contribution in [0.4, 0.5) is 16.2 Å². The van der Waals surface area contributed by atoms with Gasteiger partial charge in [-0.3, -0.25) is 9.59 Å². The number of benzene rings is 3. The number of hydrogen-bond acceptors (Lipinski definition) is 6. The van der Waals surface area contributed by atoms with Crippen molar-refractivity contribution >= 4 is 35.0 Å². The van der Waals surface area contributed by atoms with Crippen LogP contribution in [0.1, 0.15) is 28.7 Å². The number of nitrogens with zero attached hydrogens (tertiary/aromatic N) is 2. The van der Waals surface area contributed by atoms with Gasteiger partial charge in [0.2, 0.25) is 6.17 Å². The number of carbonyl (C=O) groups is 3. The molecule has 1 aliphatic carbocycles. The molecule has 1 aliphatic heterocycles. The third kappa shape index (κ3) is 4.64. The minimum absolute atomic E-state index is 0.224. The summed E-state index contributed by atoms with van der Waals surface area (Å²) >= 11 is 0. The summed E-state index contributed by atoms with van der Waals surface area (Å²) in [6.07, 6.45) is 0.0866. The number of urea groups is 1. The Kier molecular flexibility index (Phi) is 6.69. The van der Waals surface area contributed by atoms with E-state index in [-0.39, 0.29) is 12.3 Å². The second kappa shape index (κ2) is 10.1. The summed E-state index contributed by atoms with van der Waals surface area (Å²) < 4.78 is 4.92. The van der Waals surface area contributed by atoms with Crippen molar-refractivity contribution in [2.24, 2.45) is 10.7 Å². The number of benzodiazepines with no additional fused rings is 1. The number of likely N-dealkylation sites (N-methyl/N-ethyl adjacent to an activating group) is 1. The molecule has 9 nitrogen and oxygen atoms in total. The SMILES string of the molecule is COC(=O)C1(N)CCc2cccc(NC(=O)N[C@@H]3N=C(c4ccccc4)c4ccccc4N(C)C3=O)c2C1. The molecule has 2 aliphatic rings. The highest BCUT2D eigenvalue weighted by molar-refractivity contribution is 6.20. The number of amides is 3. The molecule has 3 aromatic rings. The van der Waals surface area contributed by atoms with Crippen LogP contribution >= 0.6 is 0 Å². The third-order valence-electron chi connectivity index (χ3n) is 7.10. The Morgan fingerprint density at radius 1 is 1.05 bits per heavy atom. The zero-order chi connectivity index (χ0) is 26.9. The van der Waals surface area contributed by atoms with E-state index in [4.69, 9.17) is 15.5 Å². The normalized spacial score (nSPS) is 20.4. The van der Waals surface area contributed by atoms with Gasteiger partial charge in [0.05, 0.1) is 18.5 Å². The minimum Gasteiger partial charge on any atom is -0.468 e. The molecular formula is C29H29N5O4. The molecule has 194 valence electrons. The summed E-state index contributed by atoms with van der Waals surface area (Å²) in [4.78, 5) is 45.2. The Labute approximate surface area is 220 Å². The number of ether oxygens (including phenoxy) is 1. The number of anilines is 2. The molecule has 0 fully saturated rings. The second-order valence-electron chi connectivity index (χ2n) is 9.53. The van der Waals surface area contributed by atoms with Gasteiger partial charge >= 0.3 is 12.0 Å². The average Bonchev–Trinajstić information content (AvgIpc) is 3.04. The van der Waals surface area contributed by atoms with Crippen molar-refractivity contribution in [2.45, 2.75) is 31.0 Å². The fourth-order valence-electron chi connectivity index (χ4n) is 5.06. The van der Waals surface area contributed by atoms with E-state index in [0.29, 0.717) is 29.9 Å². The van der Waals surface area contributed by atoms with Gasteiger partial charge in [-0.15, -0.1) is 0 Å². The van der Waals surface area contributed by atoms with Crippen molar-refractivity contribution in [3.63, 3.8) is 0 Å². The third-order valence-corrected chi connectivity index (χ3v) is 7.10. The average molecular weight is 512 g/mol. The number of nitrogens with two attached hydrogens (primary N) is 1. The molecule has 3 aromatic carbocycles. The Bertz CT molecular complexity index is 1440. The van der Waals surface area contributed by atoms with Crippen LogP contribution in [-0.4, -0.2) is 49.5 Å². The van der Waals surface area contributed by atoms with E-state index in [2.05, 4.69) is 10.6 Å². The molecule has 9 heteroatoms. The summed E-state index contributed by atoms with van der Waals surface area (Å²) in [6, 6.07) is 22.0. The first-order chi connectivity index (χ1) is 18.3. The van der Waals surface area contributed by atoms with Gasteiger partial charge in [0.25, 0.3) is 5.91 Å². The molecule has 3 amide bonds. The second-order valence-corrected chi connectivity index (χ2v) is 9.53. The fraction of sp³-hybridized carbons (Fsp3) is 0.241. The van der Waals surface area contributed by atoms with Gasteiger partial charge in [-0.1, -0.05) is 60.7 Å². The topological polar surface area (TPSA) is 126 Å². The number of hydrogen-bond donors (Lipinski definition) is 3. The van der Waals surface area contributed by atoms with Crippen LogP contribution in [0.2, 0.25) is 0 Å². The summed E-state index contributed by atoms with van der Waals surface area (Å²) in [5.41, 5.74) is 10.4. The predicted molar refractivity (Wildman–Crippen MR) is 145 cm³/mol. The molecule has 0 aromatic heterocycles. The van der Waals surface area contributed by atoms with Crippen LogP contribution in [0.3, 0.4) is 0 Å². The van der Waals surface area contributed by atoms with Crippen LogP contribution in [0.25, 0.3) is 0 Å². The highest BCUT2D eigenvalue weighted by Gasteiger charge is 2.40. The number of methoxy groups -OCH3 is 1. The molecule has 1 heterocycles. The van der Waals surface area contributed by atoms with Crippen molar-refractivity contribution in [2.75, 3.05) is 24.4 Å². The van der Waals surface area contributed by atoms with Gasteiger partial charge in [0, 0.05) is 30.3 Å². The summed E-state index contributed by atoms with van der Waals surface area (Å²) in [5.74, 6) is -0.864. The maximum atomic E-state index is 13.4. The maximum Gasteiger partial charge on any atom is 0.326 e. The van der Waals surface area contributed by atoms with Crippen molar-refractivity contribution in [1.82, 2.24) is 5.32 Å². The summed E-state index contributed by atoms with van der Waals surface area (Å²) in [5, 5.41) is 5.58. The lowest BCUT2D eigenvalue weighted by Crippen LogP contribution is -2.53. The molecule has 0 spiro atoms. The molecule has 4 N–H and O–H groups in total. The molecule has 5 rings (SSSR count). The fourth-order valence-corrected chi connectivity index (χ4v) is 5.06. The molecule has 0 saturated heterocycles. The highest BCUT2D eigenvalue weighted by Crippen LogP contribution is 2.33. The van der Waals surface area contributed by atoms with Crippen molar-refractivity contribution in [3.05, 3.63) is 95.1 Å². The maximum absolute atomic E-state index is 13.4. The van der Waals surface area contributed by atoms with Crippen molar-refractivity contribution in [3.8, 4) is 0 Å². The number of nitrogens with one attached hydrogen (secondary N) is 2. The molecule has 0 bridgehead atoms. The first-order valence-electron chi connectivity index (χ1n) is 12.4. The zero-order valence-corrected chi connectivity index (χ0v) is 21.2. The lowest BCUT2D eigenvalue weighted by atomic mass is 9.78. The number of para-hydroxylation sites is 1. The van der Waals surface area contributed by atoms with Gasteiger partial charge in [-0.05, 0) is 36.1 Å². The minimum atomic E-state index is -1.17. The van der Waals surface area contributed by atoms with E-state index in [9.17, 15) is 14.4 Å². The monoisotopic (exact) mass is 511 g/mol. The smallest absolute Gasteiger partial charge is 0.326 e. The first-order valence-corrected chi connectivity index (χ1v) is 12.4. The predicted octanol–water partition coefficient (Wildman–Crippen LogP) is 3.01. The quantitative estimate of drug-likeness (QED) is 0.464. The van der Waals surface area contributed by atoms with Crippen molar-refractivity contribution in [1.29, 1.82) is 0 Å². The number of carbonyl (C=O) groups excluding carboxylic acids is 3. The van der Waals surface area contributed by atoms with E-state index >= 15 is 0 Å². The van der Waals surface area contributed by atoms with Gasteiger partial charge < -0.3 is 26.0 Å². The van der Waals surface area contributed by atoms with E-state index in [1.807, 2.05) is 66.7 Å². The molecule has 0 radical (unpaired) electrons. The largest absolute Gasteiger partial charge is 0.468 e. The number of aryl methyl sites for hydroxylation is 1. The van der Waals surface area contributed by atoms with E-state index in [0.717, 1.165) is 22.3 Å². The lowest BCUT2D eigenvalue weighted by Gasteiger charge is -2.33. The van der Waals surface area contributed by atoms with Crippen LogP contribution in [-0.2, 0) is 27.2 Å². The van der Waals surface area contributed by atoms with Crippen LogP contribution in [0.15, 0.2) is 77.8 Å². The van der Waals surface area contributed by atoms with Crippen LogP contribution in [0.5, 0.6) is 0 Å². The molecule has 2 atom stereocenters. The van der Waals surface area contributed by atoms with Gasteiger partial charge in [-0.25, -0.2) is 9.79 Å². The Balaban J connectivity index is 1.44. The van der Waals surface area contributed by atoms with Crippen LogP contribution in [0, 0.1) is 0 Å². The Morgan fingerprint density at radius 3 is 2.55 bits per heavy atom. The van der Waals surface area contributed by atoms with E-state index in [1.165, 1.54) is 12.0 Å². The van der Waals surface area contributed by atoms with Gasteiger partial charge in [-0.2, -0.15) is 0 Å². The first kappa shape index (κ1) is 25.2. The number of esters is 1. The highest BCUT2D eigenvalue weighted by atomic mass is 16.5. The van der Waals surface area contributed by atoms with Gasteiger partial charge in [0.1, 0.15) is 5.54 Å². The van der Waals surface area contributed by atoms with E-state index in [1.54, 1.807) is 13.1 Å². The molecule has 38 heavy (non-hydrogen) atoms. The summed E-state index contributed by atoms with van der Waals surface area (Å²) in [7, 11) is 2.98. The molecule has 0 saturated carbocycles. The Morgan fingerprint density at radius 2 is 1.79 bits per heavy atom. The number of fused-ring (bicyclic) bond motifs is 2. The zero-order valence-electron chi connectivity index (χ0n) is 21.2. The lowest BCUT2D eigenvalue weighted by molar-refractivity contribution is -0.147. The Hall–Kier alpha value is -4.50. The van der Waals surface area contributed by atoms with Crippen LogP contribution < -0.4 is 21.3 Å². The number of aliphatic imine (C=N–C) groups is 1. The standard InChI is InChI=1S/C29H29N5O4/c1-34-23-14-7-6-12-20(23)24(19-9-4-3-5-10-19)32-25(26(34)35)33-28(37)31-22-13-8-11-18-15-16-29(30,17-21(18)22)27(36)38-2/h3-14,25H,15-17,30H2,1-2H3,(H2,31,33,37)/t25-,29?/m0/s1. The van der Waals surface area contributed by atoms with Gasteiger partial charge in [0.15, 0.2) is 0 Å². The molecule has 1 unspecified atom stereocenters. The summed E-state index contributed by atoms with van der Waals surface area (Å²) in [6.45, 7) is 0. The van der Waals surface area contributed by atoms with E-state index < -0.39 is 23.7 Å². The number of rotatable bonds is 4. The van der Waals surface area contributed by atoms with Crippen molar-refractivity contribution < 1.29 is 19.1 Å².